The number of rotatable bonds is 11. The molecule has 4 aromatic rings. The number of aromatic amines is 2. The highest BCUT2D eigenvalue weighted by Crippen LogP contribution is 2.38. The van der Waals surface area contributed by atoms with E-state index in [0.717, 1.165) is 40.1 Å². The van der Waals surface area contributed by atoms with Crippen LogP contribution in [0.15, 0.2) is 60.9 Å². The van der Waals surface area contributed by atoms with Crippen LogP contribution in [0, 0.1) is 5.92 Å². The van der Waals surface area contributed by atoms with E-state index in [1.54, 1.807) is 22.2 Å². The third-order valence-electron chi connectivity index (χ3n) is 8.88. The van der Waals surface area contributed by atoms with Gasteiger partial charge in [-0.25, -0.2) is 19.6 Å². The van der Waals surface area contributed by atoms with E-state index < -0.39 is 35.6 Å². The van der Waals surface area contributed by atoms with Gasteiger partial charge in [0.1, 0.15) is 35.1 Å². The molecule has 1 aliphatic rings. The van der Waals surface area contributed by atoms with Crippen molar-refractivity contribution >= 4 is 18.1 Å². The SMILES string of the molecule is CCCN(Cc1ncc(-c2ccc(-c3ccc(-c4cnc([C@@H]5COC(C)(C)N5C(=O)OC(C)(C)C)[nH]4)cc3)cc2)[nH]1)C(=O)[C@@H](NC(=O)OC)C(C)C. The van der Waals surface area contributed by atoms with Gasteiger partial charge in [-0.15, -0.1) is 0 Å². The lowest BCUT2D eigenvalue weighted by molar-refractivity contribution is -0.135. The fraction of sp³-hybridized carbons (Fsp3) is 0.462. The Morgan fingerprint density at radius 1 is 0.962 bits per heavy atom. The maximum Gasteiger partial charge on any atom is 0.413 e. The van der Waals surface area contributed by atoms with Crippen LogP contribution in [0.25, 0.3) is 33.6 Å². The van der Waals surface area contributed by atoms with Crippen molar-refractivity contribution in [3.63, 3.8) is 0 Å². The van der Waals surface area contributed by atoms with E-state index in [4.69, 9.17) is 14.2 Å². The number of methoxy groups -OCH3 is 1. The normalized spacial score (nSPS) is 16.1. The summed E-state index contributed by atoms with van der Waals surface area (Å²) in [4.78, 5) is 57.7. The summed E-state index contributed by atoms with van der Waals surface area (Å²) in [6, 6.07) is 15.3. The minimum atomic E-state index is -0.837. The molecule has 0 aliphatic carbocycles. The molecule has 278 valence electrons. The lowest BCUT2D eigenvalue weighted by atomic mass is 10.0. The van der Waals surface area contributed by atoms with E-state index in [1.807, 2.05) is 79.7 Å². The van der Waals surface area contributed by atoms with Crippen molar-refractivity contribution in [3.05, 3.63) is 72.6 Å². The zero-order chi connectivity index (χ0) is 37.8. The average molecular weight is 714 g/mol. The van der Waals surface area contributed by atoms with Gasteiger partial charge < -0.3 is 34.4 Å². The van der Waals surface area contributed by atoms with Crippen LogP contribution in [0.2, 0.25) is 0 Å². The molecule has 5 rings (SSSR count). The molecule has 0 radical (unpaired) electrons. The van der Waals surface area contributed by atoms with Crippen molar-refractivity contribution in [2.24, 2.45) is 5.92 Å². The zero-order valence-electron chi connectivity index (χ0n) is 31.6. The Balaban J connectivity index is 1.25. The van der Waals surface area contributed by atoms with Gasteiger partial charge >= 0.3 is 12.2 Å². The lowest BCUT2D eigenvalue weighted by Crippen LogP contribution is -2.51. The maximum absolute atomic E-state index is 13.4. The molecular formula is C39H51N7O6. The van der Waals surface area contributed by atoms with Crippen molar-refractivity contribution in [1.29, 1.82) is 0 Å². The first-order chi connectivity index (χ1) is 24.6. The molecule has 1 aliphatic heterocycles. The molecule has 0 bridgehead atoms. The van der Waals surface area contributed by atoms with Gasteiger partial charge in [0, 0.05) is 6.54 Å². The van der Waals surface area contributed by atoms with Crippen molar-refractivity contribution in [2.75, 3.05) is 20.3 Å². The molecule has 2 atom stereocenters. The number of alkyl carbamates (subject to hydrolysis) is 1. The maximum atomic E-state index is 13.4. The number of hydrogen-bond donors (Lipinski definition) is 3. The molecule has 0 unspecified atom stereocenters. The summed E-state index contributed by atoms with van der Waals surface area (Å²) in [5.41, 5.74) is 4.23. The number of carbonyl (C=O) groups excluding carboxylic acids is 3. The first-order valence-electron chi connectivity index (χ1n) is 17.7. The summed E-state index contributed by atoms with van der Waals surface area (Å²) in [5, 5.41) is 2.67. The number of amides is 3. The fourth-order valence-electron chi connectivity index (χ4n) is 6.20. The smallest absolute Gasteiger partial charge is 0.413 e. The largest absolute Gasteiger partial charge is 0.453 e. The van der Waals surface area contributed by atoms with E-state index in [1.165, 1.54) is 7.11 Å². The molecule has 0 spiro atoms. The summed E-state index contributed by atoms with van der Waals surface area (Å²) < 4.78 is 16.4. The highest BCUT2D eigenvalue weighted by molar-refractivity contribution is 5.86. The highest BCUT2D eigenvalue weighted by Gasteiger charge is 2.47. The van der Waals surface area contributed by atoms with Gasteiger partial charge in [0.25, 0.3) is 0 Å². The predicted molar refractivity (Wildman–Crippen MR) is 198 cm³/mol. The summed E-state index contributed by atoms with van der Waals surface area (Å²) in [6.07, 6.45) is 3.22. The first kappa shape index (κ1) is 38.1. The second kappa shape index (κ2) is 15.6. The molecule has 52 heavy (non-hydrogen) atoms. The van der Waals surface area contributed by atoms with E-state index in [2.05, 4.69) is 49.5 Å². The minimum Gasteiger partial charge on any atom is -0.453 e. The van der Waals surface area contributed by atoms with Crippen LogP contribution in [-0.4, -0.2) is 85.5 Å². The van der Waals surface area contributed by atoms with Crippen LogP contribution in [0.4, 0.5) is 9.59 Å². The predicted octanol–water partition coefficient (Wildman–Crippen LogP) is 7.30. The first-order valence-corrected chi connectivity index (χ1v) is 17.7. The molecular weight excluding hydrogens is 662 g/mol. The zero-order valence-corrected chi connectivity index (χ0v) is 31.6. The summed E-state index contributed by atoms with van der Waals surface area (Å²) in [6.45, 7) is 16.1. The molecule has 1 fully saturated rings. The van der Waals surface area contributed by atoms with E-state index in [0.29, 0.717) is 24.8 Å². The van der Waals surface area contributed by atoms with E-state index >= 15 is 0 Å². The van der Waals surface area contributed by atoms with Gasteiger partial charge in [0.15, 0.2) is 0 Å². The van der Waals surface area contributed by atoms with Crippen LogP contribution in [0.1, 0.15) is 79.5 Å². The van der Waals surface area contributed by atoms with Crippen LogP contribution in [0.3, 0.4) is 0 Å². The Hall–Kier alpha value is -5.17. The van der Waals surface area contributed by atoms with Crippen LogP contribution >= 0.6 is 0 Å². The van der Waals surface area contributed by atoms with Gasteiger partial charge in [0.05, 0.1) is 44.0 Å². The molecule has 3 heterocycles. The Bertz CT molecular complexity index is 1840. The monoisotopic (exact) mass is 713 g/mol. The molecule has 0 saturated carbocycles. The highest BCUT2D eigenvalue weighted by atomic mass is 16.6. The Kier molecular flexibility index (Phi) is 11.4. The third-order valence-corrected chi connectivity index (χ3v) is 8.88. The number of benzene rings is 2. The van der Waals surface area contributed by atoms with Crippen LogP contribution in [-0.2, 0) is 25.5 Å². The number of hydrogen-bond acceptors (Lipinski definition) is 8. The lowest BCUT2D eigenvalue weighted by Gasteiger charge is -2.34. The number of H-pyrrole nitrogens is 2. The average Bonchev–Trinajstić information content (AvgIpc) is 3.84. The Morgan fingerprint density at radius 3 is 2.06 bits per heavy atom. The minimum absolute atomic E-state index is 0.116. The van der Waals surface area contributed by atoms with Gasteiger partial charge in [-0.3, -0.25) is 9.69 Å². The van der Waals surface area contributed by atoms with Gasteiger partial charge in [-0.2, -0.15) is 0 Å². The standard InChI is InChI=1S/C39H51N7O6/c1-10-19-45(35(47)33(24(2)3)44-36(48)50-9)22-32-40-20-29(42-32)27-15-11-25(12-16-27)26-13-17-28(18-14-26)30-21-41-34(43-30)31-23-51-39(7,8)46(31)37(49)52-38(4,5)6/h11-18,20-21,24,31,33H,10,19,22-23H2,1-9H3,(H,40,42)(H,41,43)(H,44,48)/t31-,33-/m0/s1. The van der Waals surface area contributed by atoms with Crippen LogP contribution < -0.4 is 5.32 Å². The Labute approximate surface area is 305 Å². The van der Waals surface area contributed by atoms with Crippen molar-refractivity contribution < 1.29 is 28.6 Å². The van der Waals surface area contributed by atoms with E-state index in [-0.39, 0.29) is 18.4 Å². The van der Waals surface area contributed by atoms with E-state index in [9.17, 15) is 14.4 Å². The molecule has 2 aromatic heterocycles. The molecule has 3 N–H and O–H groups in total. The second-order valence-corrected chi connectivity index (χ2v) is 14.8. The second-order valence-electron chi connectivity index (χ2n) is 14.8. The topological polar surface area (TPSA) is 155 Å². The number of ether oxygens (including phenoxy) is 3. The molecule has 2 aromatic carbocycles. The number of aromatic nitrogens is 4. The van der Waals surface area contributed by atoms with Crippen molar-refractivity contribution in [2.45, 2.75) is 91.8 Å². The van der Waals surface area contributed by atoms with Gasteiger partial charge in [-0.1, -0.05) is 69.3 Å². The van der Waals surface area contributed by atoms with Crippen molar-refractivity contribution in [3.8, 4) is 33.6 Å². The number of imidazole rings is 2. The van der Waals surface area contributed by atoms with Crippen LogP contribution in [0.5, 0.6) is 0 Å². The number of nitrogens with one attached hydrogen (secondary N) is 3. The quantitative estimate of drug-likeness (QED) is 0.146. The van der Waals surface area contributed by atoms with Gasteiger partial charge in [-0.05, 0) is 69.2 Å². The molecule has 3 amide bonds. The van der Waals surface area contributed by atoms with Gasteiger partial charge in [0.2, 0.25) is 5.91 Å². The summed E-state index contributed by atoms with van der Waals surface area (Å²) in [7, 11) is 1.28. The third kappa shape index (κ3) is 8.82. The molecule has 13 heteroatoms. The fourth-order valence-corrected chi connectivity index (χ4v) is 6.20. The molecule has 1 saturated heterocycles. The summed E-state index contributed by atoms with van der Waals surface area (Å²) in [5.74, 6) is 0.990. The molecule has 13 nitrogen and oxygen atoms in total. The Morgan fingerprint density at radius 2 is 1.52 bits per heavy atom. The van der Waals surface area contributed by atoms with Crippen molar-refractivity contribution in [1.82, 2.24) is 35.1 Å². The number of carbonyl (C=O) groups is 3. The number of nitrogens with zero attached hydrogens (tertiary/aromatic N) is 4. The summed E-state index contributed by atoms with van der Waals surface area (Å²) >= 11 is 0.